The van der Waals surface area contributed by atoms with E-state index in [2.05, 4.69) is 39.9 Å². The monoisotopic (exact) mass is 368 g/mol. The van der Waals surface area contributed by atoms with Crippen LogP contribution in [0.15, 0.2) is 74.9 Å². The fraction of sp³-hybridized carbons (Fsp3) is 0. The first kappa shape index (κ1) is 21.9. The quantitative estimate of drug-likeness (QED) is 0.223. The number of hydrogen-bond donors (Lipinski definition) is 4. The van der Waals surface area contributed by atoms with Crippen molar-refractivity contribution < 1.29 is 39.1 Å². The van der Waals surface area contributed by atoms with Gasteiger partial charge in [0, 0.05) is 0 Å². The molecule has 0 fully saturated rings. The predicted octanol–water partition coefficient (Wildman–Crippen LogP) is -5.82. The van der Waals surface area contributed by atoms with Gasteiger partial charge < -0.3 is 28.2 Å². The summed E-state index contributed by atoms with van der Waals surface area (Å²) in [5, 5.41) is 0. The number of H-pyrrole nitrogens is 8. The molecule has 4 aromatic heterocycles. The Morgan fingerprint density at radius 1 is 0.480 bits per heavy atom. The summed E-state index contributed by atoms with van der Waals surface area (Å²) in [4.78, 5) is 56.8. The van der Waals surface area contributed by atoms with Crippen molar-refractivity contribution >= 4 is 9.05 Å². The Kier molecular flexibility index (Phi) is 13.8. The molecule has 136 valence electrons. The van der Waals surface area contributed by atoms with Gasteiger partial charge in [0.05, 0.1) is 0 Å². The van der Waals surface area contributed by atoms with E-state index in [0.717, 1.165) is 0 Å². The zero-order valence-corrected chi connectivity index (χ0v) is 14.1. The number of nitrogens with one attached hydrogen (secondary N) is 8. The molecule has 0 saturated heterocycles. The van der Waals surface area contributed by atoms with E-state index in [-0.39, 0.29) is 0 Å². The molecule has 0 aliphatic heterocycles. The van der Waals surface area contributed by atoms with Crippen molar-refractivity contribution in [3.8, 4) is 0 Å². The maximum atomic E-state index is 8.58. The van der Waals surface area contributed by atoms with Gasteiger partial charge in [0.25, 0.3) is 0 Å². The molecule has 0 unspecified atom stereocenters. The van der Waals surface area contributed by atoms with Crippen LogP contribution in [0.5, 0.6) is 0 Å². The highest BCUT2D eigenvalue weighted by Crippen LogP contribution is 1.55. The molecule has 12 nitrogen and oxygen atoms in total. The summed E-state index contributed by atoms with van der Waals surface area (Å²) in [6.45, 7) is 0. The molecule has 0 aliphatic rings. The molecule has 0 radical (unpaired) electrons. The van der Waals surface area contributed by atoms with Crippen molar-refractivity contribution in [3.63, 3.8) is 0 Å². The lowest BCUT2D eigenvalue weighted by molar-refractivity contribution is -0.624. The third-order valence-electron chi connectivity index (χ3n) is 1.77. The lowest BCUT2D eigenvalue weighted by Gasteiger charge is -2.67. The normalized spacial score (nSPS) is 8.80. The summed E-state index contributed by atoms with van der Waals surface area (Å²) < 4.78 is 0. The fourth-order valence-electron chi connectivity index (χ4n) is 0.962. The minimum atomic E-state index is -5.61. The predicted molar refractivity (Wildman–Crippen MR) is 75.1 cm³/mol. The summed E-state index contributed by atoms with van der Waals surface area (Å²) in [6.07, 6.45) is 21.6. The molecule has 0 aliphatic carbocycles. The Balaban J connectivity index is 0.000000288. The molecule has 13 heteroatoms. The SMILES string of the molecule is [O-][Si]([O-])([O-])[O-].c1c[nH+]c[nH]1.c1c[nH+]c[nH]1.c1c[nH+]c[nH]1.c1c[nH+]c[nH]1. The van der Waals surface area contributed by atoms with E-state index in [4.69, 9.17) is 19.2 Å². The van der Waals surface area contributed by atoms with Gasteiger partial charge in [0.2, 0.25) is 25.3 Å². The first-order chi connectivity index (χ1) is 12.0. The molecule has 4 heterocycles. The fourth-order valence-corrected chi connectivity index (χ4v) is 0.962. The molecule has 0 saturated carbocycles. The molecule has 8 N–H and O–H groups in total. The summed E-state index contributed by atoms with van der Waals surface area (Å²) in [6, 6.07) is 0. The van der Waals surface area contributed by atoms with Gasteiger partial charge in [-0.25, -0.2) is 0 Å². The highest BCUT2D eigenvalue weighted by atomic mass is 28.4. The summed E-state index contributed by atoms with van der Waals surface area (Å²) in [7, 11) is -5.61. The Morgan fingerprint density at radius 3 is 0.720 bits per heavy atom. The van der Waals surface area contributed by atoms with Crippen molar-refractivity contribution in [1.29, 1.82) is 0 Å². The largest absolute Gasteiger partial charge is 0.894 e. The second-order valence-corrected chi connectivity index (χ2v) is 4.74. The Hall–Kier alpha value is -3.10. The van der Waals surface area contributed by atoms with Crippen molar-refractivity contribution in [2.24, 2.45) is 0 Å². The highest BCUT2D eigenvalue weighted by molar-refractivity contribution is 6.38. The van der Waals surface area contributed by atoms with Crippen LogP contribution in [0.3, 0.4) is 0 Å². The van der Waals surface area contributed by atoms with Gasteiger partial charge in [-0.05, 0) is 0 Å². The van der Waals surface area contributed by atoms with E-state index < -0.39 is 9.05 Å². The van der Waals surface area contributed by atoms with Crippen LogP contribution in [-0.4, -0.2) is 29.0 Å². The van der Waals surface area contributed by atoms with E-state index in [9.17, 15) is 0 Å². The molecular formula is C12H20N8O4Si. The molecule has 0 aromatic carbocycles. The third-order valence-corrected chi connectivity index (χ3v) is 1.77. The van der Waals surface area contributed by atoms with Crippen molar-refractivity contribution in [1.82, 2.24) is 19.9 Å². The van der Waals surface area contributed by atoms with Crippen molar-refractivity contribution in [3.05, 3.63) is 74.9 Å². The van der Waals surface area contributed by atoms with Gasteiger partial charge in [0.15, 0.2) is 0 Å². The van der Waals surface area contributed by atoms with E-state index in [1.54, 1.807) is 25.3 Å². The first-order valence-electron chi connectivity index (χ1n) is 6.77. The first-order valence-corrected chi connectivity index (χ1v) is 8.40. The molecule has 4 aromatic rings. The van der Waals surface area contributed by atoms with Crippen molar-refractivity contribution in [2.45, 2.75) is 0 Å². The Morgan fingerprint density at radius 2 is 0.680 bits per heavy atom. The molecular weight excluding hydrogens is 348 g/mol. The van der Waals surface area contributed by atoms with Crippen LogP contribution >= 0.6 is 0 Å². The van der Waals surface area contributed by atoms with E-state index in [1.807, 2.05) is 49.6 Å². The highest BCUT2D eigenvalue weighted by Gasteiger charge is 1.66. The van der Waals surface area contributed by atoms with Crippen LogP contribution in [-0.2, 0) is 0 Å². The van der Waals surface area contributed by atoms with Gasteiger partial charge >= 0.3 is 0 Å². The Bertz CT molecular complexity index is 443. The Labute approximate surface area is 143 Å². The van der Waals surface area contributed by atoms with Gasteiger partial charge in [0.1, 0.15) is 49.6 Å². The molecule has 0 amide bonds. The number of rotatable bonds is 0. The van der Waals surface area contributed by atoms with Gasteiger partial charge in [-0.3, -0.25) is 39.9 Å². The van der Waals surface area contributed by atoms with Gasteiger partial charge in [-0.1, -0.05) is 0 Å². The van der Waals surface area contributed by atoms with Crippen LogP contribution in [0.25, 0.3) is 0 Å². The molecule has 0 bridgehead atoms. The average molecular weight is 368 g/mol. The lowest BCUT2D eigenvalue weighted by atomic mass is 11.0. The molecule has 0 spiro atoms. The van der Waals surface area contributed by atoms with Crippen LogP contribution in [0, 0.1) is 0 Å². The minimum absolute atomic E-state index is 1.75. The van der Waals surface area contributed by atoms with Gasteiger partial charge in [-0.15, -0.1) is 0 Å². The minimum Gasteiger partial charge on any atom is -0.894 e. The average Bonchev–Trinajstić information content (AvgIpc) is 3.46. The summed E-state index contributed by atoms with van der Waals surface area (Å²) >= 11 is 0. The number of imidazole rings is 4. The summed E-state index contributed by atoms with van der Waals surface area (Å²) in [5.41, 5.74) is 0. The number of aromatic nitrogens is 8. The second kappa shape index (κ2) is 15.8. The van der Waals surface area contributed by atoms with Gasteiger partial charge in [-0.2, -0.15) is 0 Å². The zero-order valence-electron chi connectivity index (χ0n) is 13.1. The summed E-state index contributed by atoms with van der Waals surface area (Å²) in [5.74, 6) is 0. The van der Waals surface area contributed by atoms with E-state index in [0.29, 0.717) is 0 Å². The maximum Gasteiger partial charge on any atom is 0.239 e. The second-order valence-electron chi connectivity index (χ2n) is 3.74. The number of aromatic amines is 8. The smallest absolute Gasteiger partial charge is 0.239 e. The zero-order chi connectivity index (χ0) is 18.6. The topological polar surface area (TPSA) is 212 Å². The molecule has 0 atom stereocenters. The van der Waals surface area contributed by atoms with E-state index >= 15 is 0 Å². The third kappa shape index (κ3) is 26.1. The molecule has 25 heavy (non-hydrogen) atoms. The van der Waals surface area contributed by atoms with Crippen LogP contribution in [0.4, 0.5) is 0 Å². The van der Waals surface area contributed by atoms with Crippen LogP contribution in [0.1, 0.15) is 0 Å². The van der Waals surface area contributed by atoms with Crippen LogP contribution in [0.2, 0.25) is 0 Å². The maximum absolute atomic E-state index is 8.58. The number of hydrogen-bond acceptors (Lipinski definition) is 4. The van der Waals surface area contributed by atoms with Crippen LogP contribution < -0.4 is 39.1 Å². The standard InChI is InChI=1S/4C3H4N2.O4Si/c4*1-2-5-3-4-1;1-5(2,3)4/h4*1-3H,(H,4,5);/q;;;;-4/p+4. The van der Waals surface area contributed by atoms with E-state index in [1.165, 1.54) is 0 Å². The van der Waals surface area contributed by atoms with Crippen molar-refractivity contribution in [2.75, 3.05) is 0 Å². The molecule has 4 rings (SSSR count). The lowest BCUT2D eigenvalue weighted by Crippen LogP contribution is -2.82.